The molecule has 8 rings (SSSR count). The number of fused-ring (bicyclic) bond motifs is 5. The zero-order valence-corrected chi connectivity index (χ0v) is 20.5. The Morgan fingerprint density at radius 1 is 0.806 bits per heavy atom. The molecule has 190 valence electrons. The predicted molar refractivity (Wildman–Crippen MR) is 133 cm³/mol. The molecule has 10 heteroatoms. The largest absolute Gasteiger partial charge is 0.371 e. The van der Waals surface area contributed by atoms with Crippen LogP contribution in [0.1, 0.15) is 51.2 Å². The Labute approximate surface area is 210 Å². The first-order chi connectivity index (χ1) is 17.8. The maximum Gasteiger partial charge on any atom is 0.169 e. The van der Waals surface area contributed by atoms with E-state index in [1.807, 2.05) is 21.6 Å². The Morgan fingerprint density at radius 3 is 2.22 bits per heavy atom. The van der Waals surface area contributed by atoms with E-state index in [4.69, 9.17) is 24.3 Å². The van der Waals surface area contributed by atoms with Crippen molar-refractivity contribution in [3.05, 3.63) is 24.5 Å². The summed E-state index contributed by atoms with van der Waals surface area (Å²) in [6, 6.07) is 4.30. The van der Waals surface area contributed by atoms with Gasteiger partial charge in [0, 0.05) is 45.0 Å². The van der Waals surface area contributed by atoms with Crippen molar-refractivity contribution >= 4 is 17.3 Å². The molecule has 0 spiro atoms. The van der Waals surface area contributed by atoms with Gasteiger partial charge in [-0.05, 0) is 51.0 Å². The molecule has 4 bridgehead atoms. The first-order valence-corrected chi connectivity index (χ1v) is 13.6. The quantitative estimate of drug-likeness (QED) is 0.551. The van der Waals surface area contributed by atoms with Crippen molar-refractivity contribution in [2.75, 3.05) is 42.6 Å². The van der Waals surface area contributed by atoms with Crippen LogP contribution < -0.4 is 9.80 Å². The molecule has 0 radical (unpaired) electrons. The van der Waals surface area contributed by atoms with Crippen LogP contribution in [0.15, 0.2) is 24.5 Å². The summed E-state index contributed by atoms with van der Waals surface area (Å²) in [6.45, 7) is 4.36. The van der Waals surface area contributed by atoms with Crippen molar-refractivity contribution in [2.45, 2.75) is 75.6 Å². The first-order valence-electron chi connectivity index (χ1n) is 13.6. The van der Waals surface area contributed by atoms with Gasteiger partial charge >= 0.3 is 0 Å². The summed E-state index contributed by atoms with van der Waals surface area (Å²) in [5, 5.41) is 9.54. The van der Waals surface area contributed by atoms with Crippen LogP contribution in [-0.4, -0.2) is 81.6 Å². The molecule has 5 atom stereocenters. The van der Waals surface area contributed by atoms with E-state index in [0.717, 1.165) is 106 Å². The molecule has 5 saturated heterocycles. The van der Waals surface area contributed by atoms with E-state index >= 15 is 0 Å². The molecule has 0 amide bonds. The molecule has 36 heavy (non-hydrogen) atoms. The lowest BCUT2D eigenvalue weighted by molar-refractivity contribution is -0.0383. The Kier molecular flexibility index (Phi) is 5.01. The van der Waals surface area contributed by atoms with Gasteiger partial charge in [0.15, 0.2) is 11.9 Å². The van der Waals surface area contributed by atoms with E-state index in [1.54, 1.807) is 0 Å². The maximum atomic E-state index is 6.15. The summed E-state index contributed by atoms with van der Waals surface area (Å²) in [5.41, 5.74) is 2.88. The minimum Gasteiger partial charge on any atom is -0.371 e. The molecule has 10 nitrogen and oxygen atoms in total. The SMILES string of the molecule is c1cc(-c2cnn3c(N4CC5CCC(C4)O5)cc(N4CC5CCC(C4)O5)nc23)n(C2CCCCO2)n1. The summed E-state index contributed by atoms with van der Waals surface area (Å²) >= 11 is 0. The number of hydrogen-bond donors (Lipinski definition) is 0. The fourth-order valence-electron chi connectivity index (χ4n) is 6.78. The second kappa shape index (κ2) is 8.43. The van der Waals surface area contributed by atoms with Crippen LogP contribution >= 0.6 is 0 Å². The van der Waals surface area contributed by atoms with Crippen molar-refractivity contribution in [1.29, 1.82) is 0 Å². The van der Waals surface area contributed by atoms with E-state index in [1.165, 1.54) is 0 Å². The average Bonchev–Trinajstić information content (AvgIpc) is 3.70. The molecule has 5 fully saturated rings. The highest BCUT2D eigenvalue weighted by molar-refractivity contribution is 5.78. The lowest BCUT2D eigenvalue weighted by Gasteiger charge is -2.36. The summed E-state index contributed by atoms with van der Waals surface area (Å²) in [4.78, 5) is 10.1. The van der Waals surface area contributed by atoms with Gasteiger partial charge < -0.3 is 24.0 Å². The molecule has 5 unspecified atom stereocenters. The van der Waals surface area contributed by atoms with Crippen molar-refractivity contribution in [3.63, 3.8) is 0 Å². The lowest BCUT2D eigenvalue weighted by Crippen LogP contribution is -2.45. The van der Waals surface area contributed by atoms with E-state index < -0.39 is 0 Å². The molecular weight excluding hydrogens is 458 g/mol. The molecule has 0 N–H and O–H groups in total. The third kappa shape index (κ3) is 3.53. The van der Waals surface area contributed by atoms with E-state index in [0.29, 0.717) is 24.4 Å². The highest BCUT2D eigenvalue weighted by Gasteiger charge is 2.37. The topological polar surface area (TPSA) is 82.2 Å². The molecule has 3 aromatic heterocycles. The second-order valence-electron chi connectivity index (χ2n) is 11.0. The number of hydrogen-bond acceptors (Lipinski definition) is 8. The van der Waals surface area contributed by atoms with Crippen LogP contribution in [0.4, 0.5) is 11.6 Å². The number of aromatic nitrogens is 5. The molecule has 0 aliphatic carbocycles. The van der Waals surface area contributed by atoms with Crippen LogP contribution in [0.25, 0.3) is 16.9 Å². The molecule has 0 saturated carbocycles. The minimum absolute atomic E-state index is 0.0360. The second-order valence-corrected chi connectivity index (χ2v) is 11.0. The van der Waals surface area contributed by atoms with Gasteiger partial charge in [-0.1, -0.05) is 0 Å². The fourth-order valence-corrected chi connectivity index (χ4v) is 6.78. The summed E-state index contributed by atoms with van der Waals surface area (Å²) < 4.78 is 22.4. The van der Waals surface area contributed by atoms with Crippen molar-refractivity contribution in [1.82, 2.24) is 24.4 Å². The van der Waals surface area contributed by atoms with Gasteiger partial charge in [0.05, 0.1) is 41.9 Å². The zero-order chi connectivity index (χ0) is 23.6. The summed E-state index contributed by atoms with van der Waals surface area (Å²) in [5.74, 6) is 2.11. The smallest absolute Gasteiger partial charge is 0.169 e. The monoisotopic (exact) mass is 491 g/mol. The van der Waals surface area contributed by atoms with Crippen LogP contribution in [0.3, 0.4) is 0 Å². The maximum absolute atomic E-state index is 6.15. The van der Waals surface area contributed by atoms with Gasteiger partial charge in [-0.2, -0.15) is 14.7 Å². The lowest BCUT2D eigenvalue weighted by atomic mass is 10.1. The van der Waals surface area contributed by atoms with Gasteiger partial charge in [0.2, 0.25) is 0 Å². The van der Waals surface area contributed by atoms with Gasteiger partial charge in [0.25, 0.3) is 0 Å². The Balaban J connectivity index is 1.24. The molecule has 0 aromatic carbocycles. The van der Waals surface area contributed by atoms with Crippen LogP contribution in [0.2, 0.25) is 0 Å². The summed E-state index contributed by atoms with van der Waals surface area (Å²) in [7, 11) is 0. The van der Waals surface area contributed by atoms with Crippen LogP contribution in [0, 0.1) is 0 Å². The van der Waals surface area contributed by atoms with Crippen molar-refractivity contribution in [2.24, 2.45) is 0 Å². The molecule has 3 aromatic rings. The standard InChI is InChI=1S/C26H33N7O3/c1-2-10-34-25(3-1)32-22(8-9-27-32)21-12-28-33-24(31-15-19-6-7-20(16-31)36-19)11-23(29-26(21)33)30-13-17-4-5-18(14-30)35-17/h8-9,11-12,17-20,25H,1-7,10,13-16H2. The molecular formula is C26H33N7O3. The number of ether oxygens (including phenoxy) is 3. The van der Waals surface area contributed by atoms with Gasteiger partial charge in [-0.15, -0.1) is 0 Å². The van der Waals surface area contributed by atoms with E-state index in [-0.39, 0.29) is 6.23 Å². The molecule has 5 aliphatic heterocycles. The number of anilines is 2. The number of nitrogens with zero attached hydrogens (tertiary/aromatic N) is 7. The van der Waals surface area contributed by atoms with Gasteiger partial charge in [-0.3, -0.25) is 0 Å². The van der Waals surface area contributed by atoms with Gasteiger partial charge in [0.1, 0.15) is 11.6 Å². The Morgan fingerprint density at radius 2 is 1.53 bits per heavy atom. The Hall–Kier alpha value is -2.69. The third-order valence-corrected chi connectivity index (χ3v) is 8.55. The van der Waals surface area contributed by atoms with Crippen molar-refractivity contribution < 1.29 is 14.2 Å². The predicted octanol–water partition coefficient (Wildman–Crippen LogP) is 3.03. The van der Waals surface area contributed by atoms with Crippen molar-refractivity contribution in [3.8, 4) is 11.3 Å². The van der Waals surface area contributed by atoms with E-state index in [2.05, 4.69) is 27.0 Å². The zero-order valence-electron chi connectivity index (χ0n) is 20.5. The minimum atomic E-state index is -0.0360. The fraction of sp³-hybridized carbons (Fsp3) is 0.654. The number of rotatable bonds is 4. The number of morpholine rings is 2. The average molecular weight is 492 g/mol. The molecule has 8 heterocycles. The highest BCUT2D eigenvalue weighted by atomic mass is 16.5. The van der Waals surface area contributed by atoms with E-state index in [9.17, 15) is 0 Å². The van der Waals surface area contributed by atoms with Gasteiger partial charge in [-0.25, -0.2) is 9.67 Å². The molecule has 5 aliphatic rings. The summed E-state index contributed by atoms with van der Waals surface area (Å²) in [6.07, 6.45) is 12.8. The third-order valence-electron chi connectivity index (χ3n) is 8.55. The highest BCUT2D eigenvalue weighted by Crippen LogP contribution is 2.37. The van der Waals surface area contributed by atoms with Crippen LogP contribution in [-0.2, 0) is 14.2 Å². The van der Waals surface area contributed by atoms with Crippen LogP contribution in [0.5, 0.6) is 0 Å². The Bertz CT molecular complexity index is 1240. The first kappa shape index (κ1) is 21.4. The normalized spacial score (nSPS) is 32.1.